The van der Waals surface area contributed by atoms with Crippen LogP contribution in [-0.4, -0.2) is 19.7 Å². The smallest absolute Gasteiger partial charge is 0.130 e. The van der Waals surface area contributed by atoms with Gasteiger partial charge in [-0.3, -0.25) is 4.68 Å². The van der Waals surface area contributed by atoms with Gasteiger partial charge in [0.1, 0.15) is 10.5 Å². The number of hydrogen-bond donors (Lipinski definition) is 1. The summed E-state index contributed by atoms with van der Waals surface area (Å²) in [5.41, 5.74) is 4.42. The van der Waals surface area contributed by atoms with E-state index in [4.69, 9.17) is 12.2 Å². The monoisotopic (exact) mass is 296 g/mol. The van der Waals surface area contributed by atoms with Gasteiger partial charge in [-0.15, -0.1) is 0 Å². The zero-order valence-corrected chi connectivity index (χ0v) is 12.8. The van der Waals surface area contributed by atoms with Crippen LogP contribution in [0.1, 0.15) is 17.0 Å². The molecule has 0 aliphatic heterocycles. The minimum Gasteiger partial charge on any atom is -0.343 e. The van der Waals surface area contributed by atoms with Gasteiger partial charge in [0.25, 0.3) is 0 Å². The Morgan fingerprint density at radius 3 is 2.67 bits per heavy atom. The van der Waals surface area contributed by atoms with Gasteiger partial charge in [-0.2, -0.15) is 5.10 Å². The molecule has 0 saturated heterocycles. The number of rotatable bonds is 3. The predicted molar refractivity (Wildman–Crippen MR) is 85.6 cm³/mol. The summed E-state index contributed by atoms with van der Waals surface area (Å²) >= 11 is 5.27. The molecule has 2 heterocycles. The molecule has 2 aromatic heterocycles. The van der Waals surface area contributed by atoms with E-state index in [9.17, 15) is 0 Å². The average molecular weight is 296 g/mol. The zero-order chi connectivity index (χ0) is 14.8. The van der Waals surface area contributed by atoms with Crippen LogP contribution in [0.15, 0.2) is 42.7 Å². The summed E-state index contributed by atoms with van der Waals surface area (Å²) in [5, 5.41) is 4.19. The maximum Gasteiger partial charge on any atom is 0.130 e. The van der Waals surface area contributed by atoms with E-state index in [2.05, 4.69) is 46.3 Å². The molecular formula is C16H16N4S. The number of aryl methyl sites for hydroxylation is 2. The van der Waals surface area contributed by atoms with Gasteiger partial charge in [-0.1, -0.05) is 42.0 Å². The predicted octanol–water partition coefficient (Wildman–Crippen LogP) is 3.44. The molecule has 0 amide bonds. The van der Waals surface area contributed by atoms with Crippen LogP contribution in [0.5, 0.6) is 0 Å². The Balaban J connectivity index is 1.94. The first-order chi connectivity index (χ1) is 10.1. The molecule has 0 radical (unpaired) electrons. The summed E-state index contributed by atoms with van der Waals surface area (Å²) < 4.78 is 2.36. The normalized spacial score (nSPS) is 10.8. The van der Waals surface area contributed by atoms with E-state index in [1.807, 2.05) is 25.5 Å². The summed E-state index contributed by atoms with van der Waals surface area (Å²) in [6, 6.07) is 10.3. The van der Waals surface area contributed by atoms with Crippen molar-refractivity contribution in [2.45, 2.75) is 13.3 Å². The van der Waals surface area contributed by atoms with Gasteiger partial charge in [0.2, 0.25) is 0 Å². The Kier molecular flexibility index (Phi) is 3.66. The van der Waals surface area contributed by atoms with Crippen LogP contribution in [0.25, 0.3) is 11.3 Å². The van der Waals surface area contributed by atoms with Crippen molar-refractivity contribution >= 4 is 12.2 Å². The number of hydrogen-bond acceptors (Lipinski definition) is 3. The highest BCUT2D eigenvalue weighted by molar-refractivity contribution is 7.71. The highest BCUT2D eigenvalue weighted by Gasteiger charge is 2.05. The van der Waals surface area contributed by atoms with Crippen molar-refractivity contribution in [1.29, 1.82) is 0 Å². The number of H-pyrrole nitrogens is 1. The Hall–Kier alpha value is -2.27. The van der Waals surface area contributed by atoms with E-state index in [1.54, 1.807) is 4.68 Å². The molecule has 106 valence electrons. The van der Waals surface area contributed by atoms with E-state index < -0.39 is 0 Å². The maximum absolute atomic E-state index is 5.27. The lowest BCUT2D eigenvalue weighted by Crippen LogP contribution is -1.98. The highest BCUT2D eigenvalue weighted by atomic mass is 32.1. The maximum atomic E-state index is 5.27. The fourth-order valence-electron chi connectivity index (χ4n) is 2.21. The fraction of sp³-hybridized carbons (Fsp3) is 0.188. The van der Waals surface area contributed by atoms with Crippen LogP contribution in [0.3, 0.4) is 0 Å². The highest BCUT2D eigenvalue weighted by Crippen LogP contribution is 2.17. The molecule has 0 spiro atoms. The van der Waals surface area contributed by atoms with Gasteiger partial charge >= 0.3 is 0 Å². The van der Waals surface area contributed by atoms with Crippen molar-refractivity contribution in [3.8, 4) is 11.3 Å². The molecule has 0 aliphatic rings. The van der Waals surface area contributed by atoms with Crippen molar-refractivity contribution in [2.24, 2.45) is 7.05 Å². The Bertz CT molecular complexity index is 815. The molecule has 1 aromatic carbocycles. The van der Waals surface area contributed by atoms with Crippen molar-refractivity contribution in [3.63, 3.8) is 0 Å². The summed E-state index contributed by atoms with van der Waals surface area (Å²) in [6.07, 6.45) is 4.50. The van der Waals surface area contributed by atoms with Gasteiger partial charge in [0.15, 0.2) is 0 Å². The van der Waals surface area contributed by atoms with Gasteiger partial charge in [-0.25, -0.2) is 4.98 Å². The van der Waals surface area contributed by atoms with Crippen LogP contribution in [0.2, 0.25) is 0 Å². The lowest BCUT2D eigenvalue weighted by atomic mass is 10.1. The van der Waals surface area contributed by atoms with Crippen molar-refractivity contribution in [1.82, 2.24) is 19.7 Å². The van der Waals surface area contributed by atoms with Crippen LogP contribution in [0, 0.1) is 11.6 Å². The molecule has 0 unspecified atom stereocenters. The average Bonchev–Trinajstić information content (AvgIpc) is 2.88. The number of aromatic nitrogens is 4. The van der Waals surface area contributed by atoms with E-state index >= 15 is 0 Å². The second kappa shape index (κ2) is 5.61. The third-order valence-corrected chi connectivity index (χ3v) is 3.51. The number of aromatic amines is 1. The molecule has 0 atom stereocenters. The van der Waals surface area contributed by atoms with E-state index in [0.717, 1.165) is 23.5 Å². The molecule has 21 heavy (non-hydrogen) atoms. The third-order valence-electron chi connectivity index (χ3n) is 3.30. The Morgan fingerprint density at radius 1 is 1.24 bits per heavy atom. The van der Waals surface area contributed by atoms with Gasteiger partial charge in [0, 0.05) is 25.2 Å². The van der Waals surface area contributed by atoms with Gasteiger partial charge in [-0.05, 0) is 18.6 Å². The Morgan fingerprint density at radius 2 is 2.00 bits per heavy atom. The summed E-state index contributed by atoms with van der Waals surface area (Å²) in [5.74, 6) is 0.866. The van der Waals surface area contributed by atoms with Crippen LogP contribution >= 0.6 is 12.2 Å². The molecular weight excluding hydrogens is 280 g/mol. The van der Waals surface area contributed by atoms with Crippen LogP contribution < -0.4 is 0 Å². The molecule has 5 heteroatoms. The minimum absolute atomic E-state index is 0.592. The zero-order valence-electron chi connectivity index (χ0n) is 12.0. The standard InChI is InChI=1S/C16H16N4S/c1-11-3-5-12(6-4-11)7-15-18-14(8-16(21)19-15)13-9-17-20(2)10-13/h3-6,8-10H,7H2,1-2H3,(H,18,19,21). The summed E-state index contributed by atoms with van der Waals surface area (Å²) in [4.78, 5) is 7.76. The molecule has 0 fully saturated rings. The largest absolute Gasteiger partial charge is 0.343 e. The van der Waals surface area contributed by atoms with Crippen LogP contribution in [-0.2, 0) is 13.5 Å². The van der Waals surface area contributed by atoms with Gasteiger partial charge in [0.05, 0.1) is 11.9 Å². The van der Waals surface area contributed by atoms with Crippen molar-refractivity contribution in [3.05, 3.63) is 64.3 Å². The van der Waals surface area contributed by atoms with E-state index in [0.29, 0.717) is 4.64 Å². The topological polar surface area (TPSA) is 46.5 Å². The number of nitrogens with one attached hydrogen (secondary N) is 1. The fourth-order valence-corrected chi connectivity index (χ4v) is 2.44. The van der Waals surface area contributed by atoms with Crippen molar-refractivity contribution < 1.29 is 0 Å². The lowest BCUT2D eigenvalue weighted by Gasteiger charge is -2.05. The lowest BCUT2D eigenvalue weighted by molar-refractivity contribution is 0.768. The molecule has 1 N–H and O–H groups in total. The number of benzene rings is 1. The summed E-state index contributed by atoms with van der Waals surface area (Å²) in [7, 11) is 1.90. The minimum atomic E-state index is 0.592. The second-order valence-corrected chi connectivity index (χ2v) is 5.56. The van der Waals surface area contributed by atoms with Crippen molar-refractivity contribution in [2.75, 3.05) is 0 Å². The molecule has 3 aromatic rings. The first-order valence-corrected chi connectivity index (χ1v) is 7.16. The number of nitrogens with zero attached hydrogens (tertiary/aromatic N) is 3. The second-order valence-electron chi connectivity index (χ2n) is 5.14. The molecule has 3 rings (SSSR count). The van der Waals surface area contributed by atoms with Gasteiger partial charge < -0.3 is 4.98 Å². The molecule has 0 bridgehead atoms. The molecule has 4 nitrogen and oxygen atoms in total. The first kappa shape index (κ1) is 13.7. The van der Waals surface area contributed by atoms with E-state index in [1.165, 1.54) is 11.1 Å². The first-order valence-electron chi connectivity index (χ1n) is 6.75. The Labute approximate surface area is 128 Å². The third kappa shape index (κ3) is 3.25. The summed E-state index contributed by atoms with van der Waals surface area (Å²) in [6.45, 7) is 2.08. The SMILES string of the molecule is Cc1ccc(Cc2nc(=S)cc(-c3cnn(C)c3)[nH]2)cc1. The quantitative estimate of drug-likeness (QED) is 0.753. The van der Waals surface area contributed by atoms with Crippen LogP contribution in [0.4, 0.5) is 0 Å². The molecule has 0 saturated carbocycles. The molecule has 0 aliphatic carbocycles. The van der Waals surface area contributed by atoms with E-state index in [-0.39, 0.29) is 0 Å².